The molecule has 0 aliphatic heterocycles. The first-order chi connectivity index (χ1) is 6.86. The summed E-state index contributed by atoms with van der Waals surface area (Å²) in [5.41, 5.74) is 1.09. The van der Waals surface area contributed by atoms with E-state index in [0.29, 0.717) is 12.5 Å². The molecule has 0 saturated heterocycles. The molecule has 0 spiro atoms. The van der Waals surface area contributed by atoms with Crippen molar-refractivity contribution in [3.05, 3.63) is 35.9 Å². The first kappa shape index (κ1) is 11.1. The maximum absolute atomic E-state index is 8.55. The molecule has 0 heterocycles. The third-order valence-electron chi connectivity index (χ3n) is 1.64. The highest BCUT2D eigenvalue weighted by Gasteiger charge is 1.91. The summed E-state index contributed by atoms with van der Waals surface area (Å²) in [4.78, 5) is 0. The van der Waals surface area contributed by atoms with Crippen LogP contribution >= 0.6 is 11.6 Å². The van der Waals surface area contributed by atoms with Crippen LogP contribution in [0.15, 0.2) is 30.3 Å². The van der Waals surface area contributed by atoms with Gasteiger partial charge < -0.3 is 9.84 Å². The number of hydrogen-bond acceptors (Lipinski definition) is 2. The van der Waals surface area contributed by atoms with Crippen LogP contribution in [0, 0.1) is 0 Å². The molecule has 1 aromatic carbocycles. The summed E-state index contributed by atoms with van der Waals surface area (Å²) in [7, 11) is 0. The van der Waals surface area contributed by atoms with Gasteiger partial charge in [-0.2, -0.15) is 0 Å². The number of hydrogen-bond donors (Lipinski definition) is 1. The van der Waals surface area contributed by atoms with Crippen molar-refractivity contribution in [3.63, 3.8) is 0 Å². The van der Waals surface area contributed by atoms with Gasteiger partial charge in [0.15, 0.2) is 0 Å². The second kappa shape index (κ2) is 6.46. The van der Waals surface area contributed by atoms with E-state index < -0.39 is 0 Å². The van der Waals surface area contributed by atoms with E-state index in [1.54, 1.807) is 0 Å². The number of aliphatic hydroxyl groups excluding tert-OH is 1. The van der Waals surface area contributed by atoms with E-state index >= 15 is 0 Å². The lowest BCUT2D eigenvalue weighted by Gasteiger charge is -2.03. The molecule has 1 aromatic rings. The lowest BCUT2D eigenvalue weighted by molar-refractivity contribution is 0.201. The zero-order valence-electron chi connectivity index (χ0n) is 7.82. The van der Waals surface area contributed by atoms with Gasteiger partial charge in [-0.05, 0) is 17.7 Å². The third-order valence-corrected chi connectivity index (χ3v) is 1.82. The minimum Gasteiger partial charge on any atom is -0.491 e. The van der Waals surface area contributed by atoms with Crippen molar-refractivity contribution < 1.29 is 9.84 Å². The molecule has 3 heteroatoms. The van der Waals surface area contributed by atoms with Crippen LogP contribution in [0.5, 0.6) is 5.75 Å². The monoisotopic (exact) mass is 212 g/mol. The van der Waals surface area contributed by atoms with Crippen molar-refractivity contribution in [1.29, 1.82) is 0 Å². The van der Waals surface area contributed by atoms with Gasteiger partial charge in [0.05, 0.1) is 6.61 Å². The molecule has 0 saturated carbocycles. The van der Waals surface area contributed by atoms with E-state index in [1.807, 2.05) is 36.4 Å². The number of rotatable bonds is 5. The van der Waals surface area contributed by atoms with Gasteiger partial charge in [-0.1, -0.05) is 24.3 Å². The van der Waals surface area contributed by atoms with Gasteiger partial charge in [0, 0.05) is 5.88 Å². The molecule has 0 radical (unpaired) electrons. The summed E-state index contributed by atoms with van der Waals surface area (Å²) < 4.78 is 5.21. The Bertz CT molecular complexity index is 280. The van der Waals surface area contributed by atoms with Crippen molar-refractivity contribution in [3.8, 4) is 5.75 Å². The van der Waals surface area contributed by atoms with Crippen LogP contribution in [0.25, 0.3) is 6.08 Å². The topological polar surface area (TPSA) is 29.5 Å². The molecule has 1 rings (SSSR count). The number of allylic oxidation sites excluding steroid dienone is 1. The highest BCUT2D eigenvalue weighted by atomic mass is 35.5. The molecule has 0 unspecified atom stereocenters. The van der Waals surface area contributed by atoms with Crippen LogP contribution in [-0.4, -0.2) is 24.2 Å². The van der Waals surface area contributed by atoms with Crippen molar-refractivity contribution in [2.75, 3.05) is 19.1 Å². The van der Waals surface area contributed by atoms with Crippen LogP contribution in [0.1, 0.15) is 5.56 Å². The molecule has 0 aliphatic carbocycles. The lowest BCUT2D eigenvalue weighted by Crippen LogP contribution is -2.01. The molecule has 14 heavy (non-hydrogen) atoms. The van der Waals surface area contributed by atoms with E-state index in [9.17, 15) is 0 Å². The fraction of sp³-hybridized carbons (Fsp3) is 0.273. The molecule has 0 fully saturated rings. The Balaban J connectivity index is 2.54. The Morgan fingerprint density at radius 1 is 1.29 bits per heavy atom. The minimum atomic E-state index is 0.0356. The van der Waals surface area contributed by atoms with Gasteiger partial charge in [0.1, 0.15) is 12.4 Å². The van der Waals surface area contributed by atoms with Crippen LogP contribution in [0.4, 0.5) is 0 Å². The summed E-state index contributed by atoms with van der Waals surface area (Å²) in [6.45, 7) is 0.366. The average molecular weight is 213 g/mol. The largest absolute Gasteiger partial charge is 0.491 e. The Morgan fingerprint density at radius 3 is 2.57 bits per heavy atom. The molecule has 76 valence electrons. The second-order valence-electron chi connectivity index (χ2n) is 2.70. The molecule has 0 aliphatic rings. The molecule has 2 nitrogen and oxygen atoms in total. The SMILES string of the molecule is OCCOc1ccc(C=CCCl)cc1. The summed E-state index contributed by atoms with van der Waals surface area (Å²) in [6.07, 6.45) is 3.83. The zero-order valence-corrected chi connectivity index (χ0v) is 8.57. The molecular formula is C11H13ClO2. The standard InChI is InChI=1S/C11H13ClO2/c12-7-1-2-10-3-5-11(6-4-10)14-9-8-13/h1-6,13H,7-9H2. The van der Waals surface area contributed by atoms with E-state index in [-0.39, 0.29) is 6.61 Å². The van der Waals surface area contributed by atoms with Gasteiger partial charge >= 0.3 is 0 Å². The minimum absolute atomic E-state index is 0.0356. The van der Waals surface area contributed by atoms with Crippen LogP contribution in [0.2, 0.25) is 0 Å². The van der Waals surface area contributed by atoms with Gasteiger partial charge in [-0.15, -0.1) is 11.6 Å². The lowest BCUT2D eigenvalue weighted by atomic mass is 10.2. The first-order valence-corrected chi connectivity index (χ1v) is 4.96. The van der Waals surface area contributed by atoms with Gasteiger partial charge in [0.2, 0.25) is 0 Å². The summed E-state index contributed by atoms with van der Waals surface area (Å²) in [5, 5.41) is 8.55. The smallest absolute Gasteiger partial charge is 0.119 e. The number of ether oxygens (including phenoxy) is 1. The quantitative estimate of drug-likeness (QED) is 0.759. The van der Waals surface area contributed by atoms with Gasteiger partial charge in [-0.25, -0.2) is 0 Å². The second-order valence-corrected chi connectivity index (χ2v) is 3.01. The predicted molar refractivity (Wildman–Crippen MR) is 58.8 cm³/mol. The van der Waals surface area contributed by atoms with Crippen molar-refractivity contribution in [2.45, 2.75) is 0 Å². The zero-order chi connectivity index (χ0) is 10.2. The highest BCUT2D eigenvalue weighted by molar-refractivity contribution is 6.19. The summed E-state index contributed by atoms with van der Waals surface area (Å²) in [6, 6.07) is 7.61. The summed E-state index contributed by atoms with van der Waals surface area (Å²) >= 11 is 5.51. The predicted octanol–water partition coefficient (Wildman–Crippen LogP) is 2.31. The van der Waals surface area contributed by atoms with Crippen LogP contribution in [-0.2, 0) is 0 Å². The van der Waals surface area contributed by atoms with Crippen molar-refractivity contribution in [1.82, 2.24) is 0 Å². The molecule has 1 N–H and O–H groups in total. The van der Waals surface area contributed by atoms with E-state index in [4.69, 9.17) is 21.4 Å². The normalized spacial score (nSPS) is 10.7. The third kappa shape index (κ3) is 3.81. The van der Waals surface area contributed by atoms with Crippen molar-refractivity contribution in [2.24, 2.45) is 0 Å². The maximum atomic E-state index is 8.55. The molecule has 0 atom stereocenters. The number of aliphatic hydroxyl groups is 1. The number of benzene rings is 1. The Hall–Kier alpha value is -0.990. The van der Waals surface area contributed by atoms with Crippen LogP contribution < -0.4 is 4.74 Å². The average Bonchev–Trinajstić information content (AvgIpc) is 2.25. The fourth-order valence-corrected chi connectivity index (χ4v) is 1.11. The molecule has 0 aromatic heterocycles. The summed E-state index contributed by atoms with van der Waals surface area (Å²) in [5.74, 6) is 1.28. The Morgan fingerprint density at radius 2 is 2.00 bits per heavy atom. The first-order valence-electron chi connectivity index (χ1n) is 4.43. The maximum Gasteiger partial charge on any atom is 0.119 e. The fourth-order valence-electron chi connectivity index (χ4n) is 1.02. The molecule has 0 amide bonds. The van der Waals surface area contributed by atoms with Crippen molar-refractivity contribution >= 4 is 17.7 Å². The Labute approximate surface area is 88.8 Å². The van der Waals surface area contributed by atoms with Crippen LogP contribution in [0.3, 0.4) is 0 Å². The van der Waals surface area contributed by atoms with Gasteiger partial charge in [-0.3, -0.25) is 0 Å². The van der Waals surface area contributed by atoms with E-state index in [0.717, 1.165) is 11.3 Å². The number of halogens is 1. The Kier molecular flexibility index (Phi) is 5.12. The van der Waals surface area contributed by atoms with E-state index in [1.165, 1.54) is 0 Å². The van der Waals surface area contributed by atoms with Gasteiger partial charge in [0.25, 0.3) is 0 Å². The molecule has 0 bridgehead atoms. The number of alkyl halides is 1. The highest BCUT2D eigenvalue weighted by Crippen LogP contribution is 2.12. The van der Waals surface area contributed by atoms with E-state index in [2.05, 4.69) is 0 Å². The molecular weight excluding hydrogens is 200 g/mol.